The molecule has 0 atom stereocenters. The standard InChI is InChI=1S/C12H8ClN3O4/c13-11-5-9(16(18)19)1-2-10(11)12(17)15-14-6-8-3-4-20-7-8/h1-7H,(H,15,17)/b14-6-. The molecule has 0 unspecified atom stereocenters. The predicted molar refractivity (Wildman–Crippen MR) is 71.9 cm³/mol. The number of benzene rings is 1. The lowest BCUT2D eigenvalue weighted by Crippen LogP contribution is -2.18. The third kappa shape index (κ3) is 3.21. The topological polar surface area (TPSA) is 97.7 Å². The molecule has 0 aliphatic heterocycles. The fourth-order valence-corrected chi connectivity index (χ4v) is 1.64. The van der Waals surface area contributed by atoms with Crippen LogP contribution in [0.3, 0.4) is 0 Å². The zero-order chi connectivity index (χ0) is 14.5. The highest BCUT2D eigenvalue weighted by atomic mass is 35.5. The molecule has 1 amide bonds. The van der Waals surface area contributed by atoms with Crippen molar-refractivity contribution in [3.05, 3.63) is 63.1 Å². The third-order valence-corrected chi connectivity index (χ3v) is 2.64. The van der Waals surface area contributed by atoms with Crippen molar-refractivity contribution in [1.82, 2.24) is 5.43 Å². The van der Waals surface area contributed by atoms with E-state index in [1.807, 2.05) is 0 Å². The highest BCUT2D eigenvalue weighted by Crippen LogP contribution is 2.22. The lowest BCUT2D eigenvalue weighted by molar-refractivity contribution is -0.384. The number of non-ortho nitro benzene ring substituents is 1. The van der Waals surface area contributed by atoms with Crippen molar-refractivity contribution < 1.29 is 14.1 Å². The van der Waals surface area contributed by atoms with Gasteiger partial charge in [0.2, 0.25) is 0 Å². The number of rotatable bonds is 4. The van der Waals surface area contributed by atoms with Crippen LogP contribution < -0.4 is 5.43 Å². The van der Waals surface area contributed by atoms with Crippen molar-refractivity contribution in [2.75, 3.05) is 0 Å². The summed E-state index contributed by atoms with van der Waals surface area (Å²) < 4.78 is 4.82. The molecule has 2 aromatic rings. The normalized spacial score (nSPS) is 10.7. The molecule has 0 radical (unpaired) electrons. The van der Waals surface area contributed by atoms with Gasteiger partial charge in [-0.1, -0.05) is 11.6 Å². The molecule has 2 rings (SSSR count). The van der Waals surface area contributed by atoms with Gasteiger partial charge in [0.25, 0.3) is 11.6 Å². The monoisotopic (exact) mass is 293 g/mol. The summed E-state index contributed by atoms with van der Waals surface area (Å²) >= 11 is 5.81. The van der Waals surface area contributed by atoms with E-state index in [4.69, 9.17) is 16.0 Å². The van der Waals surface area contributed by atoms with Crippen molar-refractivity contribution in [2.45, 2.75) is 0 Å². The maximum absolute atomic E-state index is 11.8. The molecule has 0 saturated heterocycles. The molecule has 0 aliphatic rings. The number of nitro groups is 1. The molecule has 20 heavy (non-hydrogen) atoms. The molecule has 1 aromatic carbocycles. The summed E-state index contributed by atoms with van der Waals surface area (Å²) in [5.74, 6) is -0.565. The van der Waals surface area contributed by atoms with Crippen molar-refractivity contribution in [3.63, 3.8) is 0 Å². The smallest absolute Gasteiger partial charge is 0.272 e. The molecular formula is C12H8ClN3O4. The number of hydrogen-bond donors (Lipinski definition) is 1. The number of carbonyl (C=O) groups is 1. The predicted octanol–water partition coefficient (Wildman–Crippen LogP) is 2.61. The molecule has 102 valence electrons. The van der Waals surface area contributed by atoms with E-state index < -0.39 is 10.8 Å². The van der Waals surface area contributed by atoms with E-state index in [-0.39, 0.29) is 16.3 Å². The first kappa shape index (κ1) is 13.8. The molecule has 8 heteroatoms. The van der Waals surface area contributed by atoms with Crippen LogP contribution >= 0.6 is 11.6 Å². The number of hydrogen-bond acceptors (Lipinski definition) is 5. The number of halogens is 1. The van der Waals surface area contributed by atoms with Crippen LogP contribution in [0.5, 0.6) is 0 Å². The highest BCUT2D eigenvalue weighted by Gasteiger charge is 2.14. The molecule has 0 bridgehead atoms. The van der Waals surface area contributed by atoms with Gasteiger partial charge in [-0.15, -0.1) is 0 Å². The van der Waals surface area contributed by atoms with Gasteiger partial charge in [0.1, 0.15) is 0 Å². The molecule has 0 saturated carbocycles. The van der Waals surface area contributed by atoms with Crippen molar-refractivity contribution >= 4 is 29.4 Å². The van der Waals surface area contributed by atoms with E-state index in [2.05, 4.69) is 10.5 Å². The first-order valence-corrected chi connectivity index (χ1v) is 5.75. The van der Waals surface area contributed by atoms with Crippen LogP contribution in [0.2, 0.25) is 5.02 Å². The second-order valence-corrected chi connectivity index (χ2v) is 4.08. The Morgan fingerprint density at radius 2 is 2.25 bits per heavy atom. The third-order valence-electron chi connectivity index (χ3n) is 2.33. The lowest BCUT2D eigenvalue weighted by Gasteiger charge is -2.02. The average Bonchev–Trinajstić information content (AvgIpc) is 2.91. The van der Waals surface area contributed by atoms with Gasteiger partial charge in [-0.05, 0) is 12.1 Å². The summed E-state index contributed by atoms with van der Waals surface area (Å²) in [5.41, 5.74) is 2.85. The number of amides is 1. The van der Waals surface area contributed by atoms with Gasteiger partial charge in [-0.25, -0.2) is 5.43 Å². The minimum Gasteiger partial charge on any atom is -0.472 e. The van der Waals surface area contributed by atoms with E-state index >= 15 is 0 Å². The van der Waals surface area contributed by atoms with Crippen molar-refractivity contribution in [1.29, 1.82) is 0 Å². The maximum Gasteiger partial charge on any atom is 0.272 e. The summed E-state index contributed by atoms with van der Waals surface area (Å²) in [6.07, 6.45) is 4.31. The van der Waals surface area contributed by atoms with Gasteiger partial charge in [0.15, 0.2) is 0 Å². The summed E-state index contributed by atoms with van der Waals surface area (Å²) in [6, 6.07) is 5.23. The quantitative estimate of drug-likeness (QED) is 0.532. The highest BCUT2D eigenvalue weighted by molar-refractivity contribution is 6.34. The van der Waals surface area contributed by atoms with E-state index in [1.54, 1.807) is 6.07 Å². The SMILES string of the molecule is O=C(N/N=C\c1ccoc1)c1ccc([N+](=O)[O-])cc1Cl. The van der Waals surface area contributed by atoms with E-state index in [0.29, 0.717) is 5.56 Å². The van der Waals surface area contributed by atoms with Crippen LogP contribution in [0.15, 0.2) is 46.3 Å². The number of nitrogens with zero attached hydrogens (tertiary/aromatic N) is 2. The van der Waals surface area contributed by atoms with Crippen molar-refractivity contribution in [3.8, 4) is 0 Å². The van der Waals surface area contributed by atoms with E-state index in [0.717, 1.165) is 6.07 Å². The number of carbonyl (C=O) groups excluding carboxylic acids is 1. The maximum atomic E-state index is 11.8. The molecule has 1 N–H and O–H groups in total. The van der Waals surface area contributed by atoms with Crippen molar-refractivity contribution in [2.24, 2.45) is 5.10 Å². The Morgan fingerprint density at radius 3 is 2.85 bits per heavy atom. The molecule has 0 fully saturated rings. The summed E-state index contributed by atoms with van der Waals surface area (Å²) in [4.78, 5) is 21.7. The van der Waals surface area contributed by atoms with E-state index in [1.165, 1.54) is 30.9 Å². The van der Waals surface area contributed by atoms with Crippen LogP contribution in [0.25, 0.3) is 0 Å². The van der Waals surface area contributed by atoms with Gasteiger partial charge in [0.05, 0.1) is 34.3 Å². The van der Waals surface area contributed by atoms with Crippen LogP contribution in [-0.4, -0.2) is 17.0 Å². The van der Waals surface area contributed by atoms with Crippen LogP contribution in [-0.2, 0) is 0 Å². The summed E-state index contributed by atoms with van der Waals surface area (Å²) in [5, 5.41) is 14.2. The number of nitro benzene ring substituents is 1. The van der Waals surface area contributed by atoms with E-state index in [9.17, 15) is 14.9 Å². The van der Waals surface area contributed by atoms with Gasteiger partial charge in [-0.2, -0.15) is 5.10 Å². The Balaban J connectivity index is 2.08. The molecular weight excluding hydrogens is 286 g/mol. The largest absolute Gasteiger partial charge is 0.472 e. The van der Waals surface area contributed by atoms with Gasteiger partial charge in [-0.3, -0.25) is 14.9 Å². The minimum absolute atomic E-state index is 0.0183. The first-order chi connectivity index (χ1) is 9.58. The fraction of sp³-hybridized carbons (Fsp3) is 0. The molecule has 0 aliphatic carbocycles. The molecule has 1 heterocycles. The molecule has 7 nitrogen and oxygen atoms in total. The first-order valence-electron chi connectivity index (χ1n) is 5.37. The lowest BCUT2D eigenvalue weighted by atomic mass is 10.2. The van der Waals surface area contributed by atoms with Gasteiger partial charge in [0, 0.05) is 17.7 Å². The van der Waals surface area contributed by atoms with Gasteiger partial charge >= 0.3 is 0 Å². The Kier molecular flexibility index (Phi) is 4.11. The molecule has 0 spiro atoms. The number of furan rings is 1. The zero-order valence-electron chi connectivity index (χ0n) is 9.95. The Bertz CT molecular complexity index is 667. The number of hydrazone groups is 1. The van der Waals surface area contributed by atoms with Crippen LogP contribution in [0, 0.1) is 10.1 Å². The summed E-state index contributed by atoms with van der Waals surface area (Å²) in [7, 11) is 0. The second kappa shape index (κ2) is 5.98. The Hall–Kier alpha value is -2.67. The fourth-order valence-electron chi connectivity index (χ4n) is 1.38. The summed E-state index contributed by atoms with van der Waals surface area (Å²) in [6.45, 7) is 0. The number of nitrogens with one attached hydrogen (secondary N) is 1. The van der Waals surface area contributed by atoms with Crippen LogP contribution in [0.4, 0.5) is 5.69 Å². The average molecular weight is 294 g/mol. The Labute approximate surface area is 118 Å². The van der Waals surface area contributed by atoms with Crippen LogP contribution in [0.1, 0.15) is 15.9 Å². The molecule has 1 aromatic heterocycles. The zero-order valence-corrected chi connectivity index (χ0v) is 10.7. The minimum atomic E-state index is -0.593. The van der Waals surface area contributed by atoms with Gasteiger partial charge < -0.3 is 4.42 Å². The Morgan fingerprint density at radius 1 is 1.45 bits per heavy atom. The second-order valence-electron chi connectivity index (χ2n) is 3.68.